The van der Waals surface area contributed by atoms with Gasteiger partial charge in [0.2, 0.25) is 0 Å². The van der Waals surface area contributed by atoms with Crippen LogP contribution in [0.5, 0.6) is 5.75 Å². The second-order valence-electron chi connectivity index (χ2n) is 8.10. The van der Waals surface area contributed by atoms with Crippen molar-refractivity contribution >= 4 is 37.6 Å². The Kier molecular flexibility index (Phi) is 5.18. The molecule has 0 spiro atoms. The maximum Gasteiger partial charge on any atom is 0.310 e. The minimum absolute atomic E-state index is 0.0429. The number of hydrogen-bond donors (Lipinski definition) is 1. The van der Waals surface area contributed by atoms with Gasteiger partial charge in [-0.05, 0) is 55.7 Å². The highest BCUT2D eigenvalue weighted by Gasteiger charge is 2.50. The smallest absolute Gasteiger partial charge is 0.310 e. The van der Waals surface area contributed by atoms with Gasteiger partial charge in [0.15, 0.2) is 0 Å². The Labute approximate surface area is 184 Å². The summed E-state index contributed by atoms with van der Waals surface area (Å²) >= 11 is 3.40. The summed E-state index contributed by atoms with van der Waals surface area (Å²) in [5.74, 6) is -0.474. The molecular formula is C22H22BrNO5S. The number of aliphatic carboxylic acids is 1. The predicted octanol–water partition coefficient (Wildman–Crippen LogP) is 4.52. The molecule has 158 valence electrons. The quantitative estimate of drug-likeness (QED) is 0.621. The van der Waals surface area contributed by atoms with Gasteiger partial charge in [0, 0.05) is 10.9 Å². The number of anilines is 1. The van der Waals surface area contributed by atoms with E-state index in [-0.39, 0.29) is 17.9 Å². The maximum absolute atomic E-state index is 13.5. The lowest BCUT2D eigenvalue weighted by atomic mass is 9.63. The summed E-state index contributed by atoms with van der Waals surface area (Å²) in [6.07, 6.45) is 0.416. The summed E-state index contributed by atoms with van der Waals surface area (Å²) in [5.41, 5.74) is 1.22. The van der Waals surface area contributed by atoms with E-state index in [2.05, 4.69) is 22.5 Å². The van der Waals surface area contributed by atoms with Crippen molar-refractivity contribution < 1.29 is 23.1 Å². The zero-order valence-electron chi connectivity index (χ0n) is 16.5. The minimum Gasteiger partial charge on any atom is -0.486 e. The average Bonchev–Trinajstić information content (AvgIpc) is 2.66. The number of carbonyl (C=O) groups is 1. The lowest BCUT2D eigenvalue weighted by Crippen LogP contribution is -2.49. The molecule has 0 radical (unpaired) electrons. The van der Waals surface area contributed by atoms with Crippen molar-refractivity contribution in [3.05, 3.63) is 64.7 Å². The molecule has 8 heteroatoms. The van der Waals surface area contributed by atoms with Crippen molar-refractivity contribution in [2.75, 3.05) is 10.8 Å². The van der Waals surface area contributed by atoms with E-state index < -0.39 is 27.5 Å². The molecule has 1 N–H and O–H groups in total. The van der Waals surface area contributed by atoms with Crippen LogP contribution in [0.2, 0.25) is 0 Å². The first kappa shape index (κ1) is 20.9. The Morgan fingerprint density at radius 1 is 1.30 bits per heavy atom. The molecule has 2 aromatic carbocycles. The third-order valence-corrected chi connectivity index (χ3v) is 7.95. The zero-order chi connectivity index (χ0) is 21.7. The molecule has 30 heavy (non-hydrogen) atoms. The first-order chi connectivity index (χ1) is 14.1. The maximum atomic E-state index is 13.5. The Morgan fingerprint density at radius 3 is 2.67 bits per heavy atom. The number of fused-ring (bicyclic) bond motifs is 1. The summed E-state index contributed by atoms with van der Waals surface area (Å²) in [5, 5.41) is 9.76. The molecule has 0 aromatic heterocycles. The van der Waals surface area contributed by atoms with Gasteiger partial charge in [-0.25, -0.2) is 8.42 Å². The highest BCUT2D eigenvalue weighted by molar-refractivity contribution is 9.10. The minimum atomic E-state index is -3.86. The van der Waals surface area contributed by atoms with Crippen LogP contribution >= 0.6 is 15.9 Å². The third kappa shape index (κ3) is 3.63. The van der Waals surface area contributed by atoms with Gasteiger partial charge in [0.25, 0.3) is 10.0 Å². The van der Waals surface area contributed by atoms with Gasteiger partial charge in [0.1, 0.15) is 11.9 Å². The molecule has 1 heterocycles. The van der Waals surface area contributed by atoms with Crippen LogP contribution < -0.4 is 9.04 Å². The summed E-state index contributed by atoms with van der Waals surface area (Å²) in [4.78, 5) is 12.1. The van der Waals surface area contributed by atoms with Crippen LogP contribution in [0.1, 0.15) is 24.8 Å². The molecule has 2 aromatic rings. The highest BCUT2D eigenvalue weighted by atomic mass is 79.9. The number of rotatable bonds is 5. The van der Waals surface area contributed by atoms with Gasteiger partial charge >= 0.3 is 5.97 Å². The molecule has 2 aliphatic rings. The van der Waals surface area contributed by atoms with Crippen molar-refractivity contribution in [1.29, 1.82) is 0 Å². The molecule has 4 rings (SSSR count). The molecule has 0 amide bonds. The van der Waals surface area contributed by atoms with E-state index in [1.165, 1.54) is 4.31 Å². The second-order valence-corrected chi connectivity index (χ2v) is 10.9. The molecule has 0 saturated heterocycles. The predicted molar refractivity (Wildman–Crippen MR) is 117 cm³/mol. The summed E-state index contributed by atoms with van der Waals surface area (Å²) in [7, 11) is -3.86. The number of halogens is 1. The molecule has 6 nitrogen and oxygen atoms in total. The molecule has 1 aliphatic carbocycles. The van der Waals surface area contributed by atoms with Gasteiger partial charge in [0.05, 0.1) is 22.5 Å². The molecule has 1 aliphatic heterocycles. The van der Waals surface area contributed by atoms with E-state index in [1.807, 2.05) is 13.0 Å². The fourth-order valence-electron chi connectivity index (χ4n) is 4.25. The number of allylic oxidation sites excluding steroid dienone is 1. The molecule has 1 saturated carbocycles. The fraction of sp³-hybridized carbons (Fsp3) is 0.318. The number of aryl methyl sites for hydroxylation is 1. The lowest BCUT2D eigenvalue weighted by molar-refractivity contribution is -0.153. The number of ether oxygens (including phenoxy) is 1. The topological polar surface area (TPSA) is 83.9 Å². The molecular weight excluding hydrogens is 470 g/mol. The number of hydrogen-bond acceptors (Lipinski definition) is 4. The molecule has 1 atom stereocenters. The first-order valence-electron chi connectivity index (χ1n) is 9.56. The molecule has 1 fully saturated rings. The Balaban J connectivity index is 1.73. The number of sulfonamides is 1. The van der Waals surface area contributed by atoms with Gasteiger partial charge in [-0.2, -0.15) is 0 Å². The van der Waals surface area contributed by atoms with Crippen molar-refractivity contribution in [2.24, 2.45) is 5.41 Å². The van der Waals surface area contributed by atoms with Crippen molar-refractivity contribution in [2.45, 2.75) is 37.2 Å². The van der Waals surface area contributed by atoms with Crippen LogP contribution in [-0.4, -0.2) is 32.1 Å². The van der Waals surface area contributed by atoms with Gasteiger partial charge < -0.3 is 9.84 Å². The number of benzene rings is 2. The standard InChI is InChI=1S/C22H22BrNO5S/c1-14-4-3-5-18(8-14)30(27,28)24-13-17(12-22(21(25)26)10-15(2)11-22)29-20-7-6-16(23)9-19(20)24/h3-9,17H,2,10-13H2,1H3,(H,25,26)/t17-/m0/s1. The fourth-order valence-corrected chi connectivity index (χ4v) is 6.20. The van der Waals surface area contributed by atoms with E-state index in [0.717, 1.165) is 15.6 Å². The molecule has 0 bridgehead atoms. The molecule has 0 unspecified atom stereocenters. The monoisotopic (exact) mass is 491 g/mol. The van der Waals surface area contributed by atoms with Crippen LogP contribution in [0.4, 0.5) is 5.69 Å². The van der Waals surface area contributed by atoms with Gasteiger partial charge in [-0.3, -0.25) is 9.10 Å². The lowest BCUT2D eigenvalue weighted by Gasteiger charge is -2.44. The Bertz CT molecular complexity index is 1140. The van der Waals surface area contributed by atoms with Crippen molar-refractivity contribution in [3.8, 4) is 5.75 Å². The summed E-state index contributed by atoms with van der Waals surface area (Å²) in [6, 6.07) is 11.9. The van der Waals surface area contributed by atoms with Crippen molar-refractivity contribution in [3.63, 3.8) is 0 Å². The zero-order valence-corrected chi connectivity index (χ0v) is 18.9. The summed E-state index contributed by atoms with van der Waals surface area (Å²) < 4.78 is 35.2. The van der Waals surface area contributed by atoms with E-state index >= 15 is 0 Å². The Hall–Kier alpha value is -2.32. The SMILES string of the molecule is C=C1CC(C[C@H]2CN(S(=O)(=O)c3cccc(C)c3)c3cc(Br)ccc3O2)(C(=O)O)C1. The normalized spacial score (nSPS) is 20.1. The average molecular weight is 492 g/mol. The third-order valence-electron chi connectivity index (χ3n) is 5.68. The van der Waals surface area contributed by atoms with E-state index in [9.17, 15) is 18.3 Å². The highest BCUT2D eigenvalue weighted by Crippen LogP contribution is 2.50. The Morgan fingerprint density at radius 2 is 2.03 bits per heavy atom. The summed E-state index contributed by atoms with van der Waals surface area (Å²) in [6.45, 7) is 5.75. The van der Waals surface area contributed by atoms with Crippen LogP contribution in [0.3, 0.4) is 0 Å². The number of carboxylic acid groups (broad SMARTS) is 1. The van der Waals surface area contributed by atoms with E-state index in [1.54, 1.807) is 36.4 Å². The van der Waals surface area contributed by atoms with E-state index in [4.69, 9.17) is 4.74 Å². The largest absolute Gasteiger partial charge is 0.486 e. The van der Waals surface area contributed by atoms with Gasteiger partial charge in [-0.15, -0.1) is 0 Å². The number of carboxylic acids is 1. The first-order valence-corrected chi connectivity index (χ1v) is 11.8. The van der Waals surface area contributed by atoms with Gasteiger partial charge in [-0.1, -0.05) is 40.2 Å². The van der Waals surface area contributed by atoms with Crippen LogP contribution in [0.25, 0.3) is 0 Å². The van der Waals surface area contributed by atoms with Crippen molar-refractivity contribution in [1.82, 2.24) is 0 Å². The van der Waals surface area contributed by atoms with Crippen LogP contribution in [0, 0.1) is 12.3 Å². The van der Waals surface area contributed by atoms with E-state index in [0.29, 0.717) is 24.3 Å². The van der Waals surface area contributed by atoms with Crippen LogP contribution in [0.15, 0.2) is 64.0 Å². The number of nitrogens with zero attached hydrogens (tertiary/aromatic N) is 1. The second kappa shape index (κ2) is 7.42. The van der Waals surface area contributed by atoms with Crippen LogP contribution in [-0.2, 0) is 14.8 Å².